The molecule has 0 amide bonds. The van der Waals surface area contributed by atoms with Gasteiger partial charge in [0.2, 0.25) is 0 Å². The fourth-order valence-electron chi connectivity index (χ4n) is 1.88. The Balaban J connectivity index is 2.78. The van der Waals surface area contributed by atoms with Gasteiger partial charge < -0.3 is 5.32 Å². The minimum absolute atomic E-state index is 0.0104. The Morgan fingerprint density at radius 3 is 2.72 bits per heavy atom. The molecule has 18 heavy (non-hydrogen) atoms. The van der Waals surface area contributed by atoms with Gasteiger partial charge in [-0.2, -0.15) is 0 Å². The zero-order chi connectivity index (χ0) is 13.6. The van der Waals surface area contributed by atoms with Crippen LogP contribution in [-0.2, 0) is 6.42 Å². The van der Waals surface area contributed by atoms with Crippen LogP contribution in [0.15, 0.2) is 30.9 Å². The van der Waals surface area contributed by atoms with Gasteiger partial charge >= 0.3 is 0 Å². The highest BCUT2D eigenvalue weighted by Gasteiger charge is 2.22. The number of hydrogen-bond acceptors (Lipinski definition) is 1. The predicted molar refractivity (Wildman–Crippen MR) is 81.6 cm³/mol. The Morgan fingerprint density at radius 2 is 2.11 bits per heavy atom. The Labute approximate surface area is 120 Å². The van der Waals surface area contributed by atoms with E-state index in [0.717, 1.165) is 31.5 Å². The molecular formula is C15H21Cl2N. The molecule has 0 aliphatic rings. The summed E-state index contributed by atoms with van der Waals surface area (Å²) in [7, 11) is 0. The van der Waals surface area contributed by atoms with E-state index in [1.54, 1.807) is 0 Å². The van der Waals surface area contributed by atoms with Gasteiger partial charge in [-0.3, -0.25) is 0 Å². The zero-order valence-corrected chi connectivity index (χ0v) is 12.6. The van der Waals surface area contributed by atoms with Crippen LogP contribution in [0.5, 0.6) is 0 Å². The molecule has 100 valence electrons. The van der Waals surface area contributed by atoms with Crippen LogP contribution >= 0.6 is 23.2 Å². The quantitative estimate of drug-likeness (QED) is 0.564. The van der Waals surface area contributed by atoms with Crippen LogP contribution in [0.25, 0.3) is 0 Å². The molecule has 0 aromatic heterocycles. The van der Waals surface area contributed by atoms with Crippen molar-refractivity contribution in [3.63, 3.8) is 0 Å². The smallest absolute Gasteiger partial charge is 0.0624 e. The number of benzene rings is 1. The first-order chi connectivity index (χ1) is 8.52. The van der Waals surface area contributed by atoms with Crippen LogP contribution in [0.1, 0.15) is 25.8 Å². The van der Waals surface area contributed by atoms with Gasteiger partial charge in [-0.1, -0.05) is 55.3 Å². The maximum absolute atomic E-state index is 6.23. The van der Waals surface area contributed by atoms with Crippen LogP contribution in [0.3, 0.4) is 0 Å². The van der Waals surface area contributed by atoms with Crippen molar-refractivity contribution in [2.75, 3.05) is 13.1 Å². The minimum atomic E-state index is -0.0104. The minimum Gasteiger partial charge on any atom is -0.316 e. The molecular weight excluding hydrogens is 265 g/mol. The zero-order valence-electron chi connectivity index (χ0n) is 11.1. The molecule has 3 heteroatoms. The van der Waals surface area contributed by atoms with Crippen molar-refractivity contribution in [3.05, 3.63) is 46.5 Å². The summed E-state index contributed by atoms with van der Waals surface area (Å²) < 4.78 is 0. The van der Waals surface area contributed by atoms with E-state index in [0.29, 0.717) is 10.0 Å². The fourth-order valence-corrected chi connectivity index (χ4v) is 2.26. The van der Waals surface area contributed by atoms with Crippen molar-refractivity contribution >= 4 is 23.2 Å². The topological polar surface area (TPSA) is 12.0 Å². The maximum Gasteiger partial charge on any atom is 0.0624 e. The Morgan fingerprint density at radius 1 is 1.39 bits per heavy atom. The summed E-state index contributed by atoms with van der Waals surface area (Å²) in [6.07, 6.45) is 3.96. The molecule has 0 aliphatic carbocycles. The number of hydrogen-bond donors (Lipinski definition) is 1. The number of nitrogens with one attached hydrogen (secondary N) is 1. The molecule has 0 spiro atoms. The van der Waals surface area contributed by atoms with Crippen molar-refractivity contribution in [2.24, 2.45) is 5.41 Å². The molecule has 1 N–H and O–H groups in total. The van der Waals surface area contributed by atoms with E-state index in [4.69, 9.17) is 23.2 Å². The number of rotatable bonds is 7. The highest BCUT2D eigenvalue weighted by Crippen LogP contribution is 2.31. The molecule has 0 aliphatic heterocycles. The van der Waals surface area contributed by atoms with Gasteiger partial charge in [0.1, 0.15) is 0 Å². The van der Waals surface area contributed by atoms with E-state index in [1.807, 2.05) is 24.3 Å². The summed E-state index contributed by atoms with van der Waals surface area (Å²) in [5, 5.41) is 4.70. The first-order valence-electron chi connectivity index (χ1n) is 6.29. The molecule has 1 rings (SSSR count). The average Bonchev–Trinajstić information content (AvgIpc) is 2.35. The van der Waals surface area contributed by atoms with Gasteiger partial charge in [-0.05, 0) is 31.0 Å². The molecule has 0 fully saturated rings. The average molecular weight is 286 g/mol. The molecule has 1 unspecified atom stereocenters. The van der Waals surface area contributed by atoms with Gasteiger partial charge in [0.15, 0.2) is 0 Å². The summed E-state index contributed by atoms with van der Waals surface area (Å²) in [6.45, 7) is 10.2. The normalized spacial score (nSPS) is 14.2. The van der Waals surface area contributed by atoms with Gasteiger partial charge in [0.05, 0.1) is 10.0 Å². The first kappa shape index (κ1) is 15.6. The van der Waals surface area contributed by atoms with Crippen molar-refractivity contribution in [2.45, 2.75) is 26.7 Å². The molecule has 1 atom stereocenters. The van der Waals surface area contributed by atoms with E-state index in [1.165, 1.54) is 0 Å². The molecule has 0 saturated heterocycles. The van der Waals surface area contributed by atoms with Crippen molar-refractivity contribution in [1.82, 2.24) is 5.32 Å². The summed E-state index contributed by atoms with van der Waals surface area (Å²) in [6, 6.07) is 5.77. The van der Waals surface area contributed by atoms with E-state index < -0.39 is 0 Å². The lowest BCUT2D eigenvalue weighted by Crippen LogP contribution is -2.32. The van der Waals surface area contributed by atoms with Crippen LogP contribution in [0.2, 0.25) is 10.0 Å². The Hall–Kier alpha value is -0.500. The third-order valence-electron chi connectivity index (χ3n) is 3.07. The maximum atomic E-state index is 6.23. The van der Waals surface area contributed by atoms with E-state index in [2.05, 4.69) is 25.7 Å². The molecule has 1 aromatic carbocycles. The third-order valence-corrected chi connectivity index (χ3v) is 3.93. The lowest BCUT2D eigenvalue weighted by Gasteiger charge is -2.27. The van der Waals surface area contributed by atoms with Crippen LogP contribution in [-0.4, -0.2) is 13.1 Å². The van der Waals surface area contributed by atoms with E-state index in [-0.39, 0.29) is 5.41 Å². The molecule has 0 heterocycles. The summed E-state index contributed by atoms with van der Waals surface area (Å²) in [5.74, 6) is 0. The van der Waals surface area contributed by atoms with Gasteiger partial charge in [-0.25, -0.2) is 0 Å². The van der Waals surface area contributed by atoms with Gasteiger partial charge in [-0.15, -0.1) is 6.58 Å². The molecule has 1 nitrogen and oxygen atoms in total. The van der Waals surface area contributed by atoms with Gasteiger partial charge in [0, 0.05) is 12.0 Å². The second-order valence-electron chi connectivity index (χ2n) is 4.92. The predicted octanol–water partition coefficient (Wildman–Crippen LogP) is 4.73. The van der Waals surface area contributed by atoms with Crippen LogP contribution in [0, 0.1) is 5.41 Å². The molecule has 1 aromatic rings. The van der Waals surface area contributed by atoms with Crippen LogP contribution in [0.4, 0.5) is 0 Å². The van der Waals surface area contributed by atoms with E-state index >= 15 is 0 Å². The highest BCUT2D eigenvalue weighted by molar-refractivity contribution is 6.42. The fraction of sp³-hybridized carbons (Fsp3) is 0.467. The lowest BCUT2D eigenvalue weighted by atomic mass is 9.83. The second kappa shape index (κ2) is 7.18. The largest absolute Gasteiger partial charge is 0.316 e. The Bertz CT molecular complexity index is 403. The first-order valence-corrected chi connectivity index (χ1v) is 7.05. The van der Waals surface area contributed by atoms with Crippen LogP contribution < -0.4 is 5.32 Å². The van der Waals surface area contributed by atoms with Gasteiger partial charge in [0.25, 0.3) is 0 Å². The summed E-state index contributed by atoms with van der Waals surface area (Å²) in [5.41, 5.74) is 1.06. The molecule has 0 bridgehead atoms. The molecule has 0 radical (unpaired) electrons. The SMILES string of the molecule is C=CC(C)(CNCCC)Cc1cccc(Cl)c1Cl. The standard InChI is InChI=1S/C15H21Cl2N/c1-4-9-18-11-15(3,5-2)10-12-7-6-8-13(16)14(12)17/h5-8,18H,2,4,9-11H2,1,3H3. The highest BCUT2D eigenvalue weighted by atomic mass is 35.5. The summed E-state index contributed by atoms with van der Waals surface area (Å²) >= 11 is 12.3. The monoisotopic (exact) mass is 285 g/mol. The molecule has 0 saturated carbocycles. The van der Waals surface area contributed by atoms with E-state index in [9.17, 15) is 0 Å². The second-order valence-corrected chi connectivity index (χ2v) is 5.71. The Kier molecular flexibility index (Phi) is 6.20. The number of halogens is 2. The summed E-state index contributed by atoms with van der Waals surface area (Å²) in [4.78, 5) is 0. The van der Waals surface area contributed by atoms with Crippen molar-refractivity contribution < 1.29 is 0 Å². The lowest BCUT2D eigenvalue weighted by molar-refractivity contribution is 0.391. The van der Waals surface area contributed by atoms with Crippen molar-refractivity contribution in [1.29, 1.82) is 0 Å². The third kappa shape index (κ3) is 4.31. The van der Waals surface area contributed by atoms with Crippen molar-refractivity contribution in [3.8, 4) is 0 Å².